The van der Waals surface area contributed by atoms with E-state index in [1.165, 1.54) is 37.4 Å². The van der Waals surface area contributed by atoms with Crippen molar-refractivity contribution in [1.29, 1.82) is 0 Å². The Kier molecular flexibility index (Phi) is 4.47. The zero-order chi connectivity index (χ0) is 20.8. The van der Waals surface area contributed by atoms with Gasteiger partial charge < -0.3 is 9.47 Å². The number of sulfone groups is 1. The number of benzene rings is 3. The molecule has 1 aliphatic rings. The van der Waals surface area contributed by atoms with Crippen molar-refractivity contribution in [3.8, 4) is 11.5 Å². The molecule has 0 atom stereocenters. The fourth-order valence-corrected chi connectivity index (χ4v) is 4.91. The van der Waals surface area contributed by atoms with E-state index in [0.29, 0.717) is 5.75 Å². The van der Waals surface area contributed by atoms with Gasteiger partial charge in [0, 0.05) is 11.1 Å². The topological polar surface area (TPSA) is 86.7 Å². The largest absolute Gasteiger partial charge is 0.493 e. The third-order valence-corrected chi connectivity index (χ3v) is 6.55. The molecule has 4 rings (SSSR count). The Bertz CT molecular complexity index is 1270. The highest BCUT2D eigenvalue weighted by atomic mass is 32.2. The molecule has 3 aromatic rings. The van der Waals surface area contributed by atoms with Crippen LogP contribution in [0.4, 0.5) is 0 Å². The van der Waals surface area contributed by atoms with Crippen LogP contribution in [0.1, 0.15) is 31.8 Å². The lowest BCUT2D eigenvalue weighted by molar-refractivity contribution is 0.0729. The summed E-state index contributed by atoms with van der Waals surface area (Å²) in [6, 6.07) is 15.0. The van der Waals surface area contributed by atoms with Crippen LogP contribution in [0.5, 0.6) is 11.5 Å². The van der Waals surface area contributed by atoms with Crippen LogP contribution < -0.4 is 9.47 Å². The number of esters is 1. The average Bonchev–Trinajstić information content (AvgIpc) is 2.73. The Balaban J connectivity index is 1.75. The van der Waals surface area contributed by atoms with Crippen molar-refractivity contribution in [2.45, 2.75) is 16.7 Å². The van der Waals surface area contributed by atoms with Gasteiger partial charge in [-0.25, -0.2) is 13.2 Å². The van der Waals surface area contributed by atoms with Gasteiger partial charge in [0.1, 0.15) is 0 Å². The molecule has 0 radical (unpaired) electrons. The predicted octanol–water partition coefficient (Wildman–Crippen LogP) is 3.60. The second-order valence-corrected chi connectivity index (χ2v) is 8.47. The first kappa shape index (κ1) is 18.9. The number of ketones is 1. The first-order valence-corrected chi connectivity index (χ1v) is 10.2. The van der Waals surface area contributed by atoms with Crippen molar-refractivity contribution in [1.82, 2.24) is 0 Å². The van der Waals surface area contributed by atoms with E-state index >= 15 is 0 Å². The Hall–Kier alpha value is -3.45. The Morgan fingerprint density at radius 1 is 0.862 bits per heavy atom. The number of methoxy groups -OCH3 is 1. The third-order valence-electron chi connectivity index (χ3n) is 4.69. The van der Waals surface area contributed by atoms with Crippen LogP contribution in [0.2, 0.25) is 0 Å². The molecule has 1 heterocycles. The number of fused-ring (bicyclic) bond motifs is 2. The van der Waals surface area contributed by atoms with Crippen molar-refractivity contribution in [3.63, 3.8) is 0 Å². The molecule has 0 unspecified atom stereocenters. The molecule has 3 aromatic carbocycles. The number of rotatable bonds is 3. The average molecular weight is 408 g/mol. The van der Waals surface area contributed by atoms with Gasteiger partial charge >= 0.3 is 5.97 Å². The summed E-state index contributed by atoms with van der Waals surface area (Å²) in [5, 5.41) is 0. The summed E-state index contributed by atoms with van der Waals surface area (Å²) in [6.45, 7) is 1.87. The number of aryl methyl sites for hydroxylation is 1. The molecule has 0 saturated carbocycles. The first-order chi connectivity index (χ1) is 13.8. The molecule has 0 spiro atoms. The molecule has 1 aliphatic heterocycles. The van der Waals surface area contributed by atoms with Gasteiger partial charge in [-0.1, -0.05) is 18.2 Å². The minimum Gasteiger partial charge on any atom is -0.493 e. The van der Waals surface area contributed by atoms with Crippen molar-refractivity contribution in [2.24, 2.45) is 0 Å². The van der Waals surface area contributed by atoms with E-state index in [4.69, 9.17) is 9.47 Å². The Labute approximate surface area is 167 Å². The summed E-state index contributed by atoms with van der Waals surface area (Å²) < 4.78 is 36.6. The molecular weight excluding hydrogens is 392 g/mol. The molecular formula is C22H16O6S. The lowest BCUT2D eigenvalue weighted by atomic mass is 10.0. The Morgan fingerprint density at radius 3 is 2.34 bits per heavy atom. The van der Waals surface area contributed by atoms with Crippen LogP contribution in [0.3, 0.4) is 0 Å². The molecule has 0 aliphatic carbocycles. The van der Waals surface area contributed by atoms with Gasteiger partial charge in [-0.15, -0.1) is 0 Å². The van der Waals surface area contributed by atoms with Crippen LogP contribution in [0.15, 0.2) is 70.5 Å². The van der Waals surface area contributed by atoms with Crippen LogP contribution >= 0.6 is 0 Å². The fourth-order valence-electron chi connectivity index (χ4n) is 3.23. The van der Waals surface area contributed by atoms with Crippen LogP contribution in [-0.2, 0) is 9.84 Å². The predicted molar refractivity (Wildman–Crippen MR) is 104 cm³/mol. The quantitative estimate of drug-likeness (QED) is 0.380. The highest BCUT2D eigenvalue weighted by molar-refractivity contribution is 7.91. The molecule has 0 saturated heterocycles. The van der Waals surface area contributed by atoms with E-state index in [2.05, 4.69) is 0 Å². The molecule has 0 amide bonds. The summed E-state index contributed by atoms with van der Waals surface area (Å²) >= 11 is 0. The highest BCUT2D eigenvalue weighted by Crippen LogP contribution is 2.35. The monoisotopic (exact) mass is 408 g/mol. The fraction of sp³-hybridized carbons (Fsp3) is 0.0909. The zero-order valence-electron chi connectivity index (χ0n) is 15.6. The summed E-state index contributed by atoms with van der Waals surface area (Å²) in [5.41, 5.74) is 1.11. The maximum atomic E-state index is 13.0. The molecule has 0 fully saturated rings. The molecule has 29 heavy (non-hydrogen) atoms. The summed E-state index contributed by atoms with van der Waals surface area (Å²) in [5.74, 6) is -0.555. The third kappa shape index (κ3) is 3.09. The number of carbonyl (C=O) groups excluding carboxylic acids is 2. The molecule has 7 heteroatoms. The van der Waals surface area contributed by atoms with Gasteiger partial charge in [-0.2, -0.15) is 0 Å². The lowest BCUT2D eigenvalue weighted by Crippen LogP contribution is -2.21. The molecule has 0 bridgehead atoms. The molecule has 6 nitrogen and oxygen atoms in total. The molecule has 146 valence electrons. The second-order valence-electron chi connectivity index (χ2n) is 6.58. The van der Waals surface area contributed by atoms with E-state index in [1.807, 2.05) is 6.92 Å². The van der Waals surface area contributed by atoms with Crippen molar-refractivity contribution < 1.29 is 27.5 Å². The van der Waals surface area contributed by atoms with Crippen LogP contribution in [-0.4, -0.2) is 27.3 Å². The zero-order valence-corrected chi connectivity index (χ0v) is 16.4. The SMILES string of the molecule is COc1cc(C)ccc1OC(=O)c1ccc2c(c1)S(=O)(=O)c1ccccc1C2=O. The van der Waals surface area contributed by atoms with Gasteiger partial charge in [-0.05, 0) is 55.0 Å². The van der Waals surface area contributed by atoms with E-state index in [-0.39, 0.29) is 32.2 Å². The van der Waals surface area contributed by atoms with Gasteiger partial charge in [0.15, 0.2) is 17.3 Å². The number of carbonyl (C=O) groups is 2. The number of ether oxygens (including phenoxy) is 2. The van der Waals surface area contributed by atoms with Crippen molar-refractivity contribution in [3.05, 3.63) is 82.9 Å². The van der Waals surface area contributed by atoms with Gasteiger partial charge in [0.2, 0.25) is 9.84 Å². The molecule has 0 N–H and O–H groups in total. The highest BCUT2D eigenvalue weighted by Gasteiger charge is 2.35. The first-order valence-electron chi connectivity index (χ1n) is 8.72. The van der Waals surface area contributed by atoms with Crippen LogP contribution in [0, 0.1) is 6.92 Å². The van der Waals surface area contributed by atoms with E-state index in [1.54, 1.807) is 30.3 Å². The summed E-state index contributed by atoms with van der Waals surface area (Å²) in [7, 11) is -2.48. The van der Waals surface area contributed by atoms with E-state index in [0.717, 1.165) is 5.56 Å². The number of hydrogen-bond donors (Lipinski definition) is 0. The van der Waals surface area contributed by atoms with Gasteiger partial charge in [0.25, 0.3) is 0 Å². The van der Waals surface area contributed by atoms with Crippen LogP contribution in [0.25, 0.3) is 0 Å². The second kappa shape index (κ2) is 6.86. The summed E-state index contributed by atoms with van der Waals surface area (Å²) in [4.78, 5) is 25.1. The molecule has 0 aromatic heterocycles. The normalized spacial score (nSPS) is 13.9. The summed E-state index contributed by atoms with van der Waals surface area (Å²) in [6.07, 6.45) is 0. The minimum atomic E-state index is -3.93. The lowest BCUT2D eigenvalue weighted by Gasteiger charge is -2.19. The maximum Gasteiger partial charge on any atom is 0.343 e. The van der Waals surface area contributed by atoms with E-state index < -0.39 is 21.6 Å². The number of hydrogen-bond acceptors (Lipinski definition) is 6. The smallest absolute Gasteiger partial charge is 0.343 e. The van der Waals surface area contributed by atoms with Gasteiger partial charge in [-0.3, -0.25) is 4.79 Å². The van der Waals surface area contributed by atoms with Crippen molar-refractivity contribution in [2.75, 3.05) is 7.11 Å². The maximum absolute atomic E-state index is 13.0. The van der Waals surface area contributed by atoms with E-state index in [9.17, 15) is 18.0 Å². The van der Waals surface area contributed by atoms with Crippen molar-refractivity contribution >= 4 is 21.6 Å². The minimum absolute atomic E-state index is 0.0159. The standard InChI is InChI=1S/C22H16O6S/c1-13-7-10-17(18(11-13)27-2)28-22(24)14-8-9-16-20(12-14)29(25,26)19-6-4-3-5-15(19)21(16)23/h3-12H,1-2H3. The Morgan fingerprint density at radius 2 is 1.59 bits per heavy atom. The van der Waals surface area contributed by atoms with Gasteiger partial charge in [0.05, 0.1) is 22.5 Å².